The van der Waals surface area contributed by atoms with E-state index in [0.29, 0.717) is 16.6 Å². The average molecular weight is 413 g/mol. The Hall–Kier alpha value is -3.33. The van der Waals surface area contributed by atoms with Crippen molar-refractivity contribution in [1.29, 1.82) is 0 Å². The summed E-state index contributed by atoms with van der Waals surface area (Å²) in [6.07, 6.45) is 0.0307. The van der Waals surface area contributed by atoms with Gasteiger partial charge in [0.05, 0.1) is 18.4 Å². The number of carboxylic acids is 1. The summed E-state index contributed by atoms with van der Waals surface area (Å²) in [5.41, 5.74) is 1.18. The summed E-state index contributed by atoms with van der Waals surface area (Å²) >= 11 is 1.17. The van der Waals surface area contributed by atoms with Crippen molar-refractivity contribution in [3.8, 4) is 5.75 Å². The number of rotatable bonds is 5. The number of anilines is 2. The van der Waals surface area contributed by atoms with E-state index in [9.17, 15) is 14.4 Å². The molecule has 0 radical (unpaired) electrons. The second-order valence-electron chi connectivity index (χ2n) is 6.12. The predicted octanol–water partition coefficient (Wildman–Crippen LogP) is 2.86. The van der Waals surface area contributed by atoms with Gasteiger partial charge in [0.2, 0.25) is 11.8 Å². The van der Waals surface area contributed by atoms with Crippen molar-refractivity contribution in [2.75, 3.05) is 24.4 Å². The molecule has 0 aromatic heterocycles. The fraction of sp³-hybridized carbons (Fsp3) is 0.200. The summed E-state index contributed by atoms with van der Waals surface area (Å²) < 4.78 is 5.19. The predicted molar refractivity (Wildman–Crippen MR) is 112 cm³/mol. The second-order valence-corrected chi connectivity index (χ2v) is 7.31. The Morgan fingerprint density at radius 2 is 1.97 bits per heavy atom. The third kappa shape index (κ3) is 4.57. The topological polar surface area (TPSA) is 108 Å². The van der Waals surface area contributed by atoms with Gasteiger partial charge < -0.3 is 15.2 Å². The van der Waals surface area contributed by atoms with E-state index in [1.807, 2.05) is 18.2 Å². The van der Waals surface area contributed by atoms with Gasteiger partial charge in [-0.3, -0.25) is 14.6 Å². The smallest absolute Gasteiger partial charge is 0.335 e. The SMILES string of the molecule is CN=C(Nc1cccc(OC)c1)S[C@H]1CC(=O)N(c2ccc(C(=O)O)cc2)C1=O. The number of aromatic carboxylic acids is 1. The highest BCUT2D eigenvalue weighted by atomic mass is 32.2. The molecular weight excluding hydrogens is 394 g/mol. The van der Waals surface area contributed by atoms with Gasteiger partial charge in [0, 0.05) is 25.2 Å². The largest absolute Gasteiger partial charge is 0.497 e. The van der Waals surface area contributed by atoms with Gasteiger partial charge >= 0.3 is 5.97 Å². The molecule has 0 spiro atoms. The molecule has 1 heterocycles. The molecule has 2 amide bonds. The first-order valence-electron chi connectivity index (χ1n) is 8.67. The van der Waals surface area contributed by atoms with Crippen molar-refractivity contribution in [3.05, 3.63) is 54.1 Å². The number of carbonyl (C=O) groups is 3. The van der Waals surface area contributed by atoms with Crippen LogP contribution in [-0.4, -0.2) is 47.5 Å². The summed E-state index contributed by atoms with van der Waals surface area (Å²) in [5.74, 6) is -1.10. The summed E-state index contributed by atoms with van der Waals surface area (Å²) in [5, 5.41) is 12.0. The van der Waals surface area contributed by atoms with E-state index in [1.165, 1.54) is 36.0 Å². The number of nitrogens with one attached hydrogen (secondary N) is 1. The minimum absolute atomic E-state index is 0.0307. The van der Waals surface area contributed by atoms with Crippen LogP contribution in [0.1, 0.15) is 16.8 Å². The lowest BCUT2D eigenvalue weighted by molar-refractivity contribution is -0.121. The Bertz CT molecular complexity index is 974. The summed E-state index contributed by atoms with van der Waals surface area (Å²) in [4.78, 5) is 41.5. The van der Waals surface area contributed by atoms with E-state index < -0.39 is 11.2 Å². The number of benzene rings is 2. The second kappa shape index (κ2) is 8.78. The Kier molecular flexibility index (Phi) is 6.18. The lowest BCUT2D eigenvalue weighted by atomic mass is 10.2. The number of imide groups is 1. The Morgan fingerprint density at radius 3 is 2.59 bits per heavy atom. The summed E-state index contributed by atoms with van der Waals surface area (Å²) in [6.45, 7) is 0. The van der Waals surface area contributed by atoms with Gasteiger partial charge in [-0.05, 0) is 36.4 Å². The van der Waals surface area contributed by atoms with Crippen molar-refractivity contribution in [2.45, 2.75) is 11.7 Å². The normalized spacial score (nSPS) is 16.8. The van der Waals surface area contributed by atoms with Gasteiger partial charge in [-0.1, -0.05) is 17.8 Å². The maximum Gasteiger partial charge on any atom is 0.335 e. The lowest BCUT2D eigenvalue weighted by Gasteiger charge is -2.16. The fourth-order valence-corrected chi connectivity index (χ4v) is 3.80. The molecule has 1 aliphatic heterocycles. The third-order valence-electron chi connectivity index (χ3n) is 4.26. The molecule has 0 saturated carbocycles. The first kappa shape index (κ1) is 20.4. The zero-order chi connectivity index (χ0) is 21.0. The molecule has 0 aliphatic carbocycles. The van der Waals surface area contributed by atoms with Crippen molar-refractivity contribution < 1.29 is 24.2 Å². The first-order chi connectivity index (χ1) is 13.9. The van der Waals surface area contributed by atoms with Crippen molar-refractivity contribution >= 4 is 46.1 Å². The highest BCUT2D eigenvalue weighted by Crippen LogP contribution is 2.31. The van der Waals surface area contributed by atoms with Crippen LogP contribution in [0.2, 0.25) is 0 Å². The maximum absolute atomic E-state index is 12.8. The van der Waals surface area contributed by atoms with Gasteiger partial charge in [0.1, 0.15) is 11.0 Å². The number of thioether (sulfide) groups is 1. The number of ether oxygens (including phenoxy) is 1. The van der Waals surface area contributed by atoms with E-state index in [1.54, 1.807) is 20.2 Å². The molecule has 2 aromatic rings. The van der Waals surface area contributed by atoms with Gasteiger partial charge in [-0.2, -0.15) is 0 Å². The van der Waals surface area contributed by atoms with Crippen LogP contribution in [0.25, 0.3) is 0 Å². The minimum Gasteiger partial charge on any atom is -0.497 e. The van der Waals surface area contributed by atoms with Crippen molar-refractivity contribution in [3.63, 3.8) is 0 Å². The van der Waals surface area contributed by atoms with Crippen molar-refractivity contribution in [2.24, 2.45) is 4.99 Å². The number of amidine groups is 1. The molecule has 3 rings (SSSR count). The Balaban J connectivity index is 1.72. The van der Waals surface area contributed by atoms with Crippen LogP contribution in [0.3, 0.4) is 0 Å². The average Bonchev–Trinajstić information content (AvgIpc) is 3.00. The van der Waals surface area contributed by atoms with Gasteiger partial charge in [0.25, 0.3) is 0 Å². The van der Waals surface area contributed by atoms with Crippen LogP contribution in [-0.2, 0) is 9.59 Å². The van der Waals surface area contributed by atoms with E-state index in [4.69, 9.17) is 9.84 Å². The van der Waals surface area contributed by atoms with Gasteiger partial charge in [-0.15, -0.1) is 0 Å². The molecule has 9 heteroatoms. The van der Waals surface area contributed by atoms with E-state index in [0.717, 1.165) is 10.6 Å². The lowest BCUT2D eigenvalue weighted by Crippen LogP contribution is -2.31. The molecule has 0 bridgehead atoms. The standard InChI is InChI=1S/C20H19N3O5S/c1-21-20(22-13-4-3-5-15(10-13)28-2)29-16-11-17(24)23(18(16)25)14-8-6-12(7-9-14)19(26)27/h3-10,16H,11H2,1-2H3,(H,21,22)(H,26,27)/t16-/m0/s1. The first-order valence-corrected chi connectivity index (χ1v) is 9.55. The van der Waals surface area contributed by atoms with Crippen molar-refractivity contribution in [1.82, 2.24) is 0 Å². The molecule has 1 aliphatic rings. The number of carbonyl (C=O) groups excluding carboxylic acids is 2. The monoisotopic (exact) mass is 413 g/mol. The maximum atomic E-state index is 12.8. The highest BCUT2D eigenvalue weighted by Gasteiger charge is 2.40. The van der Waals surface area contributed by atoms with Crippen LogP contribution >= 0.6 is 11.8 Å². The molecule has 2 N–H and O–H groups in total. The van der Waals surface area contributed by atoms with Gasteiger partial charge in [-0.25, -0.2) is 9.69 Å². The molecule has 29 heavy (non-hydrogen) atoms. The number of hydrogen-bond acceptors (Lipinski definition) is 6. The molecule has 1 saturated heterocycles. The van der Waals surface area contributed by atoms with E-state index in [-0.39, 0.29) is 23.8 Å². The minimum atomic E-state index is -1.07. The van der Waals surface area contributed by atoms with Gasteiger partial charge in [0.15, 0.2) is 5.17 Å². The number of carboxylic acid groups (broad SMARTS) is 1. The van der Waals surface area contributed by atoms with E-state index in [2.05, 4.69) is 10.3 Å². The van der Waals surface area contributed by atoms with Crippen LogP contribution in [0.15, 0.2) is 53.5 Å². The molecule has 1 fully saturated rings. The molecule has 8 nitrogen and oxygen atoms in total. The molecule has 0 unspecified atom stereocenters. The number of methoxy groups -OCH3 is 1. The summed E-state index contributed by atoms with van der Waals surface area (Å²) in [6, 6.07) is 12.9. The number of hydrogen-bond donors (Lipinski definition) is 2. The Labute approximate surface area is 171 Å². The van der Waals surface area contributed by atoms with Crippen LogP contribution in [0.5, 0.6) is 5.75 Å². The Morgan fingerprint density at radius 1 is 1.24 bits per heavy atom. The molecule has 150 valence electrons. The molecular formula is C20H19N3O5S. The van der Waals surface area contributed by atoms with Crippen LogP contribution in [0.4, 0.5) is 11.4 Å². The molecule has 2 aromatic carbocycles. The summed E-state index contributed by atoms with van der Waals surface area (Å²) in [7, 11) is 3.17. The number of aliphatic imine (C=N–C) groups is 1. The fourth-order valence-electron chi connectivity index (χ4n) is 2.82. The molecule has 1 atom stereocenters. The highest BCUT2D eigenvalue weighted by molar-refractivity contribution is 8.15. The zero-order valence-corrected chi connectivity index (χ0v) is 16.6. The van der Waals surface area contributed by atoms with E-state index >= 15 is 0 Å². The van der Waals surface area contributed by atoms with Crippen LogP contribution < -0.4 is 15.0 Å². The number of nitrogens with zero attached hydrogens (tertiary/aromatic N) is 2. The zero-order valence-electron chi connectivity index (χ0n) is 15.8. The van der Waals surface area contributed by atoms with Crippen LogP contribution in [0, 0.1) is 0 Å². The third-order valence-corrected chi connectivity index (χ3v) is 5.42. The number of amides is 2. The quantitative estimate of drug-likeness (QED) is 0.441.